The average molecular weight is 167 g/mol. The van der Waals surface area contributed by atoms with Crippen molar-refractivity contribution >= 4 is 5.91 Å². The van der Waals surface area contributed by atoms with E-state index in [0.29, 0.717) is 6.42 Å². The van der Waals surface area contributed by atoms with Gasteiger partial charge in [0.2, 0.25) is 5.91 Å². The highest BCUT2D eigenvalue weighted by molar-refractivity contribution is 5.76. The Morgan fingerprint density at radius 2 is 2.25 bits per heavy atom. The molecule has 0 unspecified atom stereocenters. The van der Waals surface area contributed by atoms with E-state index in [1.54, 1.807) is 24.2 Å². The molecule has 0 radical (unpaired) electrons. The second-order valence-corrected chi connectivity index (χ2v) is 2.66. The van der Waals surface area contributed by atoms with Crippen LogP contribution in [-0.2, 0) is 4.79 Å². The lowest BCUT2D eigenvalue weighted by Gasteiger charge is -2.10. The number of nitrogens with zero attached hydrogens (tertiary/aromatic N) is 1. The van der Waals surface area contributed by atoms with Crippen LogP contribution in [0.3, 0.4) is 0 Å². The quantitative estimate of drug-likeness (QED) is 0.575. The minimum atomic E-state index is 0.165. The zero-order valence-corrected chi connectivity index (χ0v) is 7.92. The maximum absolute atomic E-state index is 11.2. The third-order valence-corrected chi connectivity index (χ3v) is 1.49. The van der Waals surface area contributed by atoms with Crippen molar-refractivity contribution < 1.29 is 4.79 Å². The summed E-state index contributed by atoms with van der Waals surface area (Å²) in [6, 6.07) is 0. The van der Waals surface area contributed by atoms with Gasteiger partial charge in [-0.3, -0.25) is 4.79 Å². The first-order valence-corrected chi connectivity index (χ1v) is 4.25. The molecule has 0 aliphatic heterocycles. The predicted molar refractivity (Wildman–Crippen MR) is 51.6 cm³/mol. The van der Waals surface area contributed by atoms with Crippen LogP contribution in [0, 0.1) is 0 Å². The van der Waals surface area contributed by atoms with Gasteiger partial charge >= 0.3 is 0 Å². The SMILES string of the molecule is C=CC/C=C/N(C)C(=O)CCC. The van der Waals surface area contributed by atoms with Crippen molar-refractivity contribution in [1.82, 2.24) is 4.90 Å². The van der Waals surface area contributed by atoms with Gasteiger partial charge in [0, 0.05) is 19.7 Å². The lowest BCUT2D eigenvalue weighted by atomic mass is 10.3. The van der Waals surface area contributed by atoms with Crippen molar-refractivity contribution in [1.29, 1.82) is 0 Å². The van der Waals surface area contributed by atoms with Crippen molar-refractivity contribution in [3.05, 3.63) is 24.9 Å². The maximum Gasteiger partial charge on any atom is 0.226 e. The third kappa shape index (κ3) is 4.72. The van der Waals surface area contributed by atoms with Crippen molar-refractivity contribution in [2.24, 2.45) is 0 Å². The van der Waals surface area contributed by atoms with Gasteiger partial charge in [0.1, 0.15) is 0 Å². The Morgan fingerprint density at radius 3 is 2.75 bits per heavy atom. The standard InChI is InChI=1S/C10H17NO/c1-4-6-7-9-11(3)10(12)8-5-2/h4,7,9H,1,5-6,8H2,2-3H3/b9-7+. The fourth-order valence-electron chi connectivity index (χ4n) is 0.789. The second-order valence-electron chi connectivity index (χ2n) is 2.66. The molecule has 0 fully saturated rings. The summed E-state index contributed by atoms with van der Waals surface area (Å²) in [6.45, 7) is 5.58. The summed E-state index contributed by atoms with van der Waals surface area (Å²) < 4.78 is 0. The van der Waals surface area contributed by atoms with Gasteiger partial charge in [0.25, 0.3) is 0 Å². The van der Waals surface area contributed by atoms with E-state index in [1.807, 2.05) is 13.0 Å². The first-order valence-electron chi connectivity index (χ1n) is 4.25. The molecule has 2 heteroatoms. The molecule has 0 saturated carbocycles. The largest absolute Gasteiger partial charge is 0.322 e. The first kappa shape index (κ1) is 11.0. The van der Waals surface area contributed by atoms with E-state index in [1.165, 1.54) is 0 Å². The molecule has 2 nitrogen and oxygen atoms in total. The Morgan fingerprint density at radius 1 is 1.58 bits per heavy atom. The summed E-state index contributed by atoms with van der Waals surface area (Å²) in [5, 5.41) is 0. The zero-order valence-electron chi connectivity index (χ0n) is 7.92. The van der Waals surface area contributed by atoms with Crippen LogP contribution in [0.25, 0.3) is 0 Å². The second kappa shape index (κ2) is 6.65. The molecule has 0 aromatic rings. The maximum atomic E-state index is 11.2. The van der Waals surface area contributed by atoms with Crippen molar-refractivity contribution in [2.75, 3.05) is 7.05 Å². The molecular weight excluding hydrogens is 150 g/mol. The molecule has 0 bridgehead atoms. The van der Waals surface area contributed by atoms with Gasteiger partial charge in [-0.15, -0.1) is 6.58 Å². The molecular formula is C10H17NO. The Balaban J connectivity index is 3.77. The Kier molecular flexibility index (Phi) is 6.07. The summed E-state index contributed by atoms with van der Waals surface area (Å²) in [6.07, 6.45) is 7.84. The van der Waals surface area contributed by atoms with Crippen molar-refractivity contribution in [2.45, 2.75) is 26.2 Å². The minimum absolute atomic E-state index is 0.165. The molecule has 0 aromatic carbocycles. The molecule has 12 heavy (non-hydrogen) atoms. The number of allylic oxidation sites excluding steroid dienone is 2. The molecule has 0 aromatic heterocycles. The molecule has 0 atom stereocenters. The molecule has 1 amide bonds. The van der Waals surface area contributed by atoms with Gasteiger partial charge < -0.3 is 4.90 Å². The molecule has 0 aliphatic rings. The van der Waals surface area contributed by atoms with E-state index in [-0.39, 0.29) is 5.91 Å². The fourth-order valence-corrected chi connectivity index (χ4v) is 0.789. The third-order valence-electron chi connectivity index (χ3n) is 1.49. The van der Waals surface area contributed by atoms with Crippen LogP contribution in [0.15, 0.2) is 24.9 Å². The number of carbonyl (C=O) groups excluding carboxylic acids is 1. The highest BCUT2D eigenvalue weighted by Gasteiger charge is 2.01. The highest BCUT2D eigenvalue weighted by atomic mass is 16.2. The molecule has 0 rings (SSSR count). The molecule has 0 spiro atoms. The molecule has 0 aliphatic carbocycles. The number of hydrogen-bond donors (Lipinski definition) is 0. The zero-order chi connectivity index (χ0) is 9.40. The van der Waals surface area contributed by atoms with Gasteiger partial charge in [0.15, 0.2) is 0 Å². The smallest absolute Gasteiger partial charge is 0.226 e. The van der Waals surface area contributed by atoms with E-state index < -0.39 is 0 Å². The van der Waals surface area contributed by atoms with Gasteiger partial charge in [0.05, 0.1) is 0 Å². The lowest BCUT2D eigenvalue weighted by molar-refractivity contribution is -0.127. The first-order chi connectivity index (χ1) is 5.72. The van der Waals surface area contributed by atoms with Gasteiger partial charge in [-0.05, 0) is 12.8 Å². The predicted octanol–water partition coefficient (Wildman–Crippen LogP) is 2.33. The number of amides is 1. The summed E-state index contributed by atoms with van der Waals surface area (Å²) >= 11 is 0. The van der Waals surface area contributed by atoms with Gasteiger partial charge in [-0.25, -0.2) is 0 Å². The van der Waals surface area contributed by atoms with Crippen LogP contribution >= 0.6 is 0 Å². The number of hydrogen-bond acceptors (Lipinski definition) is 1. The number of rotatable bonds is 5. The molecule has 0 saturated heterocycles. The van der Waals surface area contributed by atoms with Crippen LogP contribution in [0.1, 0.15) is 26.2 Å². The topological polar surface area (TPSA) is 20.3 Å². The van der Waals surface area contributed by atoms with Crippen molar-refractivity contribution in [3.8, 4) is 0 Å². The van der Waals surface area contributed by atoms with E-state index in [0.717, 1.165) is 12.8 Å². The van der Waals surface area contributed by atoms with E-state index >= 15 is 0 Å². The van der Waals surface area contributed by atoms with Crippen molar-refractivity contribution in [3.63, 3.8) is 0 Å². The minimum Gasteiger partial charge on any atom is -0.322 e. The summed E-state index contributed by atoms with van der Waals surface area (Å²) in [5.74, 6) is 0.165. The Bertz CT molecular complexity index is 173. The Labute approximate surface area is 74.6 Å². The highest BCUT2D eigenvalue weighted by Crippen LogP contribution is 1.96. The number of carbonyl (C=O) groups is 1. The van der Waals surface area contributed by atoms with Crippen LogP contribution in [0.5, 0.6) is 0 Å². The van der Waals surface area contributed by atoms with Crippen LogP contribution in [-0.4, -0.2) is 17.9 Å². The molecule has 68 valence electrons. The molecule has 0 heterocycles. The van der Waals surface area contributed by atoms with Crippen LogP contribution < -0.4 is 0 Å². The van der Waals surface area contributed by atoms with E-state index in [4.69, 9.17) is 0 Å². The summed E-state index contributed by atoms with van der Waals surface area (Å²) in [7, 11) is 1.78. The van der Waals surface area contributed by atoms with Crippen LogP contribution in [0.4, 0.5) is 0 Å². The van der Waals surface area contributed by atoms with Gasteiger partial charge in [-0.2, -0.15) is 0 Å². The average Bonchev–Trinajstić information content (AvgIpc) is 2.05. The normalized spacial score (nSPS) is 10.2. The Hall–Kier alpha value is -1.05. The fraction of sp³-hybridized carbons (Fsp3) is 0.500. The van der Waals surface area contributed by atoms with E-state index in [9.17, 15) is 4.79 Å². The van der Waals surface area contributed by atoms with Crippen LogP contribution in [0.2, 0.25) is 0 Å². The van der Waals surface area contributed by atoms with E-state index in [2.05, 4.69) is 6.58 Å². The lowest BCUT2D eigenvalue weighted by Crippen LogP contribution is -2.19. The molecule has 0 N–H and O–H groups in total. The monoisotopic (exact) mass is 167 g/mol. The van der Waals surface area contributed by atoms with Gasteiger partial charge in [-0.1, -0.05) is 19.1 Å². The summed E-state index contributed by atoms with van der Waals surface area (Å²) in [5.41, 5.74) is 0. The summed E-state index contributed by atoms with van der Waals surface area (Å²) in [4.78, 5) is 12.8.